The van der Waals surface area contributed by atoms with Crippen LogP contribution in [-0.4, -0.2) is 15.9 Å². The Bertz CT molecular complexity index is 948. The number of anilines is 2. The molecule has 140 valence electrons. The summed E-state index contributed by atoms with van der Waals surface area (Å²) in [6.45, 7) is 0.113. The van der Waals surface area contributed by atoms with Gasteiger partial charge in [0.2, 0.25) is 5.95 Å². The van der Waals surface area contributed by atoms with E-state index >= 15 is 0 Å². The Labute approximate surface area is 161 Å². The van der Waals surface area contributed by atoms with Gasteiger partial charge in [0.25, 0.3) is 5.91 Å². The van der Waals surface area contributed by atoms with Crippen molar-refractivity contribution in [3.05, 3.63) is 69.1 Å². The topological polar surface area (TPSA) is 66.9 Å². The van der Waals surface area contributed by atoms with Gasteiger partial charge >= 0.3 is 6.18 Å². The molecule has 27 heavy (non-hydrogen) atoms. The van der Waals surface area contributed by atoms with E-state index in [0.717, 1.165) is 11.8 Å². The number of carbonyl (C=O) groups is 1. The van der Waals surface area contributed by atoms with Crippen LogP contribution in [-0.2, 0) is 12.7 Å². The van der Waals surface area contributed by atoms with Gasteiger partial charge in [-0.1, -0.05) is 17.7 Å². The molecule has 1 amide bonds. The highest BCUT2D eigenvalue weighted by Gasteiger charge is 2.38. The standard InChI is InChI=1S/C17H12ClF3N4OS/c18-11-2-1-3-12(6-11)24-16-23-8-13(14(25-16)17(19,20)21)15(26)22-7-10-4-5-27-9-10/h1-6,8-9H,7H2,(H,22,26)(H,23,24,25). The van der Waals surface area contributed by atoms with Gasteiger partial charge in [-0.15, -0.1) is 0 Å². The molecule has 2 heterocycles. The molecule has 0 saturated carbocycles. The van der Waals surface area contributed by atoms with Gasteiger partial charge in [0.05, 0.1) is 5.56 Å². The van der Waals surface area contributed by atoms with Crippen LogP contribution in [0.5, 0.6) is 0 Å². The number of amides is 1. The summed E-state index contributed by atoms with van der Waals surface area (Å²) in [7, 11) is 0. The second-order valence-corrected chi connectivity index (χ2v) is 6.62. The number of hydrogen-bond acceptors (Lipinski definition) is 5. The first-order valence-corrected chi connectivity index (χ1v) is 8.91. The maximum atomic E-state index is 13.4. The van der Waals surface area contributed by atoms with Crippen LogP contribution in [0.1, 0.15) is 21.6 Å². The molecule has 3 aromatic rings. The highest BCUT2D eigenvalue weighted by molar-refractivity contribution is 7.07. The molecule has 2 N–H and O–H groups in total. The van der Waals surface area contributed by atoms with Gasteiger partial charge in [0, 0.05) is 23.5 Å². The molecule has 0 unspecified atom stereocenters. The van der Waals surface area contributed by atoms with Crippen molar-refractivity contribution in [2.24, 2.45) is 0 Å². The normalized spacial score (nSPS) is 11.3. The van der Waals surface area contributed by atoms with E-state index in [0.29, 0.717) is 10.7 Å². The number of nitrogens with one attached hydrogen (secondary N) is 2. The summed E-state index contributed by atoms with van der Waals surface area (Å²) in [5.41, 5.74) is -0.744. The predicted molar refractivity (Wildman–Crippen MR) is 97.3 cm³/mol. The lowest BCUT2D eigenvalue weighted by Gasteiger charge is -2.13. The van der Waals surface area contributed by atoms with Crippen LogP contribution in [0.3, 0.4) is 0 Å². The molecule has 0 saturated heterocycles. The highest BCUT2D eigenvalue weighted by atomic mass is 35.5. The fourth-order valence-electron chi connectivity index (χ4n) is 2.19. The molecule has 1 aromatic carbocycles. The first-order chi connectivity index (χ1) is 12.8. The van der Waals surface area contributed by atoms with Crippen molar-refractivity contribution in [2.75, 3.05) is 5.32 Å². The van der Waals surface area contributed by atoms with Crippen LogP contribution in [0.2, 0.25) is 5.02 Å². The molecule has 0 spiro atoms. The third-order valence-corrected chi connectivity index (χ3v) is 4.38. The average Bonchev–Trinajstić information content (AvgIpc) is 3.12. The Kier molecular flexibility index (Phi) is 5.62. The van der Waals surface area contributed by atoms with Crippen LogP contribution in [0.15, 0.2) is 47.3 Å². The van der Waals surface area contributed by atoms with Gasteiger partial charge in [-0.25, -0.2) is 9.97 Å². The molecule has 2 aromatic heterocycles. The zero-order valence-electron chi connectivity index (χ0n) is 13.5. The summed E-state index contributed by atoms with van der Waals surface area (Å²) < 4.78 is 40.2. The van der Waals surface area contributed by atoms with Crippen LogP contribution in [0.25, 0.3) is 0 Å². The molecule has 3 rings (SSSR count). The van der Waals surface area contributed by atoms with Gasteiger partial charge in [0.1, 0.15) is 0 Å². The summed E-state index contributed by atoms with van der Waals surface area (Å²) in [6.07, 6.45) is -3.96. The number of halogens is 4. The second-order valence-electron chi connectivity index (χ2n) is 5.40. The number of thiophene rings is 1. The van der Waals surface area contributed by atoms with E-state index in [9.17, 15) is 18.0 Å². The van der Waals surface area contributed by atoms with E-state index in [2.05, 4.69) is 20.6 Å². The molecule has 0 atom stereocenters. The van der Waals surface area contributed by atoms with Crippen molar-refractivity contribution in [1.82, 2.24) is 15.3 Å². The Morgan fingerprint density at radius 1 is 1.26 bits per heavy atom. The van der Waals surface area contributed by atoms with Gasteiger partial charge in [0.15, 0.2) is 5.69 Å². The smallest absolute Gasteiger partial charge is 0.348 e. The largest absolute Gasteiger partial charge is 0.434 e. The van der Waals surface area contributed by atoms with E-state index < -0.39 is 23.3 Å². The fraction of sp³-hybridized carbons (Fsp3) is 0.118. The number of alkyl halides is 3. The maximum Gasteiger partial charge on any atom is 0.434 e. The van der Waals surface area contributed by atoms with Crippen molar-refractivity contribution in [1.29, 1.82) is 0 Å². The number of hydrogen-bond donors (Lipinski definition) is 2. The fourth-order valence-corrected chi connectivity index (χ4v) is 3.05. The van der Waals surface area contributed by atoms with Crippen molar-refractivity contribution in [2.45, 2.75) is 12.7 Å². The summed E-state index contributed by atoms with van der Waals surface area (Å²) in [5.74, 6) is -1.19. The minimum Gasteiger partial charge on any atom is -0.348 e. The van der Waals surface area contributed by atoms with Gasteiger partial charge in [-0.05, 0) is 40.6 Å². The average molecular weight is 413 g/mol. The van der Waals surface area contributed by atoms with Crippen molar-refractivity contribution >= 4 is 40.5 Å². The van der Waals surface area contributed by atoms with Crippen molar-refractivity contribution in [3.8, 4) is 0 Å². The molecule has 0 fully saturated rings. The predicted octanol–water partition coefficient (Wildman–Crippen LogP) is 4.88. The zero-order valence-corrected chi connectivity index (χ0v) is 15.1. The maximum absolute atomic E-state index is 13.4. The lowest BCUT2D eigenvalue weighted by Crippen LogP contribution is -2.27. The van der Waals surface area contributed by atoms with Gasteiger partial charge < -0.3 is 10.6 Å². The Morgan fingerprint density at radius 3 is 2.74 bits per heavy atom. The zero-order chi connectivity index (χ0) is 19.4. The minimum absolute atomic E-state index is 0.113. The lowest BCUT2D eigenvalue weighted by atomic mass is 10.2. The summed E-state index contributed by atoms with van der Waals surface area (Å²) in [6, 6.07) is 8.13. The summed E-state index contributed by atoms with van der Waals surface area (Å²) in [4.78, 5) is 19.5. The Balaban J connectivity index is 1.84. The van der Waals surface area contributed by atoms with E-state index in [1.54, 1.807) is 29.6 Å². The van der Waals surface area contributed by atoms with Crippen molar-refractivity contribution < 1.29 is 18.0 Å². The van der Waals surface area contributed by atoms with Gasteiger partial charge in [-0.2, -0.15) is 24.5 Å². The monoisotopic (exact) mass is 412 g/mol. The molecule has 5 nitrogen and oxygen atoms in total. The first-order valence-electron chi connectivity index (χ1n) is 7.59. The Morgan fingerprint density at radius 2 is 2.07 bits per heavy atom. The number of aromatic nitrogens is 2. The second kappa shape index (κ2) is 7.93. The molecular weight excluding hydrogens is 401 g/mol. The summed E-state index contributed by atoms with van der Waals surface area (Å²) >= 11 is 7.27. The van der Waals surface area contributed by atoms with Crippen molar-refractivity contribution in [3.63, 3.8) is 0 Å². The third kappa shape index (κ3) is 4.95. The van der Waals surface area contributed by atoms with Crippen LogP contribution < -0.4 is 10.6 Å². The molecular formula is C17H12ClF3N4OS. The van der Waals surface area contributed by atoms with E-state index in [1.165, 1.54) is 17.4 Å². The molecule has 0 aliphatic carbocycles. The number of rotatable bonds is 5. The third-order valence-electron chi connectivity index (χ3n) is 3.42. The SMILES string of the molecule is O=C(NCc1ccsc1)c1cnc(Nc2cccc(Cl)c2)nc1C(F)(F)F. The molecule has 0 radical (unpaired) electrons. The van der Waals surface area contributed by atoms with Gasteiger partial charge in [-0.3, -0.25) is 4.79 Å². The Hall–Kier alpha value is -2.65. The van der Waals surface area contributed by atoms with Crippen LogP contribution in [0.4, 0.5) is 24.8 Å². The van der Waals surface area contributed by atoms with Crippen LogP contribution >= 0.6 is 22.9 Å². The molecule has 10 heteroatoms. The first kappa shape index (κ1) is 19.1. The summed E-state index contributed by atoms with van der Waals surface area (Å²) in [5, 5.41) is 9.08. The van der Waals surface area contributed by atoms with Crippen LogP contribution in [0, 0.1) is 0 Å². The molecule has 0 bridgehead atoms. The number of benzene rings is 1. The quantitative estimate of drug-likeness (QED) is 0.626. The molecule has 0 aliphatic heterocycles. The minimum atomic E-state index is -4.82. The lowest BCUT2D eigenvalue weighted by molar-refractivity contribution is -0.141. The number of nitrogens with zero attached hydrogens (tertiary/aromatic N) is 2. The molecule has 0 aliphatic rings. The van der Waals surface area contributed by atoms with E-state index in [4.69, 9.17) is 11.6 Å². The number of carbonyl (C=O) groups excluding carboxylic acids is 1. The van der Waals surface area contributed by atoms with E-state index in [1.807, 2.05) is 5.38 Å². The van der Waals surface area contributed by atoms with E-state index in [-0.39, 0.29) is 12.5 Å². The highest BCUT2D eigenvalue weighted by Crippen LogP contribution is 2.31.